The van der Waals surface area contributed by atoms with Crippen molar-refractivity contribution in [2.75, 3.05) is 7.11 Å². The highest BCUT2D eigenvalue weighted by Gasteiger charge is 2.10. The van der Waals surface area contributed by atoms with E-state index in [1.807, 2.05) is 6.07 Å². The predicted octanol–water partition coefficient (Wildman–Crippen LogP) is 4.37. The average molecular weight is 230 g/mol. The Balaban J connectivity index is 2.05. The first-order chi connectivity index (χ1) is 8.40. The fourth-order valence-electron chi connectivity index (χ4n) is 2.55. The minimum atomic E-state index is 0.687. The zero-order valence-electron chi connectivity index (χ0n) is 10.7. The van der Waals surface area contributed by atoms with Gasteiger partial charge in [-0.25, -0.2) is 0 Å². The molecule has 1 aromatic carbocycles. The highest BCUT2D eigenvalue weighted by atomic mass is 16.5. The molecule has 0 fully saturated rings. The van der Waals surface area contributed by atoms with Gasteiger partial charge in [0.05, 0.1) is 7.11 Å². The molecule has 0 saturated carbocycles. The van der Waals surface area contributed by atoms with Gasteiger partial charge in [0, 0.05) is 0 Å². The van der Waals surface area contributed by atoms with Crippen molar-refractivity contribution >= 4 is 0 Å². The molecule has 1 nitrogen and oxygen atoms in total. The molecule has 0 aromatic heterocycles. The molecular formula is C16H22O. The minimum Gasteiger partial charge on any atom is -0.496 e. The number of hydrogen-bond donors (Lipinski definition) is 0. The molecule has 1 atom stereocenters. The van der Waals surface area contributed by atoms with Crippen molar-refractivity contribution in [2.45, 2.75) is 38.5 Å². The standard InChI is InChI=1S/C16H22O/c1-17-16-12-8-7-11-15(16)13-14-9-5-3-2-4-6-10-14/h5,7-9,11-12,14H,2-4,6,10,13H2,1H3/b9-5-/t14-/m0/s1. The van der Waals surface area contributed by atoms with Crippen LogP contribution in [0.3, 0.4) is 0 Å². The quantitative estimate of drug-likeness (QED) is 0.700. The molecule has 0 amide bonds. The number of ether oxygens (including phenoxy) is 1. The summed E-state index contributed by atoms with van der Waals surface area (Å²) < 4.78 is 5.42. The van der Waals surface area contributed by atoms with Gasteiger partial charge in [0.1, 0.15) is 5.75 Å². The van der Waals surface area contributed by atoms with Crippen LogP contribution in [0.5, 0.6) is 5.75 Å². The third-order valence-electron chi connectivity index (χ3n) is 3.53. The van der Waals surface area contributed by atoms with Crippen LogP contribution in [0.1, 0.15) is 37.7 Å². The van der Waals surface area contributed by atoms with E-state index in [0.29, 0.717) is 5.92 Å². The lowest BCUT2D eigenvalue weighted by molar-refractivity contribution is 0.405. The van der Waals surface area contributed by atoms with Crippen LogP contribution in [-0.2, 0) is 6.42 Å². The van der Waals surface area contributed by atoms with E-state index in [1.165, 1.54) is 37.7 Å². The van der Waals surface area contributed by atoms with E-state index in [-0.39, 0.29) is 0 Å². The van der Waals surface area contributed by atoms with E-state index in [2.05, 4.69) is 30.4 Å². The average Bonchev–Trinajstić information content (AvgIpc) is 2.33. The summed E-state index contributed by atoms with van der Waals surface area (Å²) in [5, 5.41) is 0. The predicted molar refractivity (Wildman–Crippen MR) is 72.4 cm³/mol. The molecule has 0 bridgehead atoms. The van der Waals surface area contributed by atoms with E-state index in [4.69, 9.17) is 4.74 Å². The molecule has 0 unspecified atom stereocenters. The molecule has 0 spiro atoms. The number of allylic oxidation sites excluding steroid dienone is 2. The second-order valence-corrected chi connectivity index (χ2v) is 4.84. The van der Waals surface area contributed by atoms with Gasteiger partial charge in [-0.05, 0) is 43.2 Å². The largest absolute Gasteiger partial charge is 0.496 e. The van der Waals surface area contributed by atoms with Gasteiger partial charge in [-0.15, -0.1) is 0 Å². The highest BCUT2D eigenvalue weighted by molar-refractivity contribution is 5.33. The molecule has 92 valence electrons. The van der Waals surface area contributed by atoms with Gasteiger partial charge < -0.3 is 4.74 Å². The summed E-state index contributed by atoms with van der Waals surface area (Å²) in [6.07, 6.45) is 12.6. The Bertz CT molecular complexity index is 368. The summed E-state index contributed by atoms with van der Waals surface area (Å²) in [6.45, 7) is 0. The van der Waals surface area contributed by atoms with Crippen molar-refractivity contribution in [3.63, 3.8) is 0 Å². The molecule has 0 saturated heterocycles. The summed E-state index contributed by atoms with van der Waals surface area (Å²) in [6, 6.07) is 8.38. The second-order valence-electron chi connectivity index (χ2n) is 4.84. The molecule has 0 radical (unpaired) electrons. The maximum Gasteiger partial charge on any atom is 0.122 e. The third-order valence-corrected chi connectivity index (χ3v) is 3.53. The van der Waals surface area contributed by atoms with Crippen LogP contribution in [0.15, 0.2) is 36.4 Å². The third kappa shape index (κ3) is 3.62. The van der Waals surface area contributed by atoms with Crippen LogP contribution in [0.4, 0.5) is 0 Å². The first kappa shape index (κ1) is 12.2. The number of rotatable bonds is 3. The molecule has 1 aliphatic rings. The van der Waals surface area contributed by atoms with Crippen molar-refractivity contribution in [3.05, 3.63) is 42.0 Å². The van der Waals surface area contributed by atoms with E-state index < -0.39 is 0 Å². The van der Waals surface area contributed by atoms with Crippen LogP contribution in [-0.4, -0.2) is 7.11 Å². The van der Waals surface area contributed by atoms with E-state index in [1.54, 1.807) is 7.11 Å². The molecule has 1 heteroatoms. The topological polar surface area (TPSA) is 9.23 Å². The first-order valence-electron chi connectivity index (χ1n) is 6.68. The summed E-state index contributed by atoms with van der Waals surface area (Å²) in [7, 11) is 1.76. The van der Waals surface area contributed by atoms with Gasteiger partial charge in [0.25, 0.3) is 0 Å². The smallest absolute Gasteiger partial charge is 0.122 e. The lowest BCUT2D eigenvalue weighted by atomic mass is 9.91. The Morgan fingerprint density at radius 2 is 2.06 bits per heavy atom. The molecule has 0 N–H and O–H groups in total. The van der Waals surface area contributed by atoms with Gasteiger partial charge in [-0.3, -0.25) is 0 Å². The van der Waals surface area contributed by atoms with Crippen LogP contribution in [0.25, 0.3) is 0 Å². The molecule has 17 heavy (non-hydrogen) atoms. The Labute approximate surface area is 104 Å². The van der Waals surface area contributed by atoms with Crippen LogP contribution in [0, 0.1) is 5.92 Å². The summed E-state index contributed by atoms with van der Waals surface area (Å²) in [4.78, 5) is 0. The van der Waals surface area contributed by atoms with Gasteiger partial charge in [-0.1, -0.05) is 43.2 Å². The highest BCUT2D eigenvalue weighted by Crippen LogP contribution is 2.25. The second kappa shape index (κ2) is 6.48. The van der Waals surface area contributed by atoms with Crippen LogP contribution >= 0.6 is 0 Å². The summed E-state index contributed by atoms with van der Waals surface area (Å²) >= 11 is 0. The zero-order valence-corrected chi connectivity index (χ0v) is 10.7. The van der Waals surface area contributed by atoms with Crippen LogP contribution < -0.4 is 4.74 Å². The molecule has 1 aromatic rings. The molecule has 0 aliphatic heterocycles. The van der Waals surface area contributed by atoms with E-state index in [0.717, 1.165) is 12.2 Å². The Morgan fingerprint density at radius 1 is 1.18 bits per heavy atom. The van der Waals surface area contributed by atoms with E-state index >= 15 is 0 Å². The number of para-hydroxylation sites is 1. The minimum absolute atomic E-state index is 0.687. The number of hydrogen-bond acceptors (Lipinski definition) is 1. The lowest BCUT2D eigenvalue weighted by Crippen LogP contribution is -2.04. The molecular weight excluding hydrogens is 208 g/mol. The normalized spacial score (nSPS) is 22.5. The Hall–Kier alpha value is -1.24. The maximum absolute atomic E-state index is 5.42. The fraction of sp³-hybridized carbons (Fsp3) is 0.500. The summed E-state index contributed by atoms with van der Waals surface area (Å²) in [5.41, 5.74) is 1.34. The molecule has 0 heterocycles. The van der Waals surface area contributed by atoms with Gasteiger partial charge in [0.15, 0.2) is 0 Å². The number of methoxy groups -OCH3 is 1. The first-order valence-corrected chi connectivity index (χ1v) is 6.68. The number of benzene rings is 1. The SMILES string of the molecule is COc1ccccc1C[C@H]1/C=C\CCCCC1. The van der Waals surface area contributed by atoms with Crippen LogP contribution in [0.2, 0.25) is 0 Å². The van der Waals surface area contributed by atoms with Crippen molar-refractivity contribution < 1.29 is 4.74 Å². The summed E-state index contributed by atoms with van der Waals surface area (Å²) in [5.74, 6) is 1.72. The fourth-order valence-corrected chi connectivity index (χ4v) is 2.55. The van der Waals surface area contributed by atoms with Gasteiger partial charge in [0.2, 0.25) is 0 Å². The van der Waals surface area contributed by atoms with Crippen molar-refractivity contribution in [2.24, 2.45) is 5.92 Å². The van der Waals surface area contributed by atoms with Gasteiger partial charge in [-0.2, -0.15) is 0 Å². The molecule has 2 rings (SSSR count). The van der Waals surface area contributed by atoms with Crippen molar-refractivity contribution in [1.82, 2.24) is 0 Å². The van der Waals surface area contributed by atoms with E-state index in [9.17, 15) is 0 Å². The lowest BCUT2D eigenvalue weighted by Gasteiger charge is -2.16. The van der Waals surface area contributed by atoms with Gasteiger partial charge >= 0.3 is 0 Å². The zero-order chi connectivity index (χ0) is 11.9. The maximum atomic E-state index is 5.42. The Morgan fingerprint density at radius 3 is 2.94 bits per heavy atom. The van der Waals surface area contributed by atoms with Crippen molar-refractivity contribution in [1.29, 1.82) is 0 Å². The monoisotopic (exact) mass is 230 g/mol. The Kier molecular flexibility index (Phi) is 4.66. The molecule has 1 aliphatic carbocycles. The van der Waals surface area contributed by atoms with Crippen molar-refractivity contribution in [3.8, 4) is 5.75 Å².